The second kappa shape index (κ2) is 5.79. The van der Waals surface area contributed by atoms with Crippen molar-refractivity contribution in [1.82, 2.24) is 0 Å². The number of hydrogen-bond donors (Lipinski definition) is 0. The summed E-state index contributed by atoms with van der Waals surface area (Å²) in [6.07, 6.45) is 0. The number of benzene rings is 2. The average molecular weight is 340 g/mol. The van der Waals surface area contributed by atoms with E-state index in [1.54, 1.807) is 0 Å². The van der Waals surface area contributed by atoms with Crippen LogP contribution in [0.3, 0.4) is 0 Å². The number of nitrogens with zero attached hydrogens (tertiary/aromatic N) is 1. The summed E-state index contributed by atoms with van der Waals surface area (Å²) in [5, 5.41) is 10.6. The van der Waals surface area contributed by atoms with Crippen molar-refractivity contribution in [3.63, 3.8) is 0 Å². The third-order valence-electron chi connectivity index (χ3n) is 2.39. The highest BCUT2D eigenvalue weighted by molar-refractivity contribution is 9.10. The highest BCUT2D eigenvalue weighted by atomic mass is 79.9. The van der Waals surface area contributed by atoms with Crippen molar-refractivity contribution in [3.05, 3.63) is 68.4 Å². The number of esters is 1. The number of non-ortho nitro benzene ring substituents is 1. The van der Waals surface area contributed by atoms with Crippen LogP contribution in [-0.4, -0.2) is 10.9 Å². The summed E-state index contributed by atoms with van der Waals surface area (Å²) < 4.78 is 18.9. The molecule has 0 saturated heterocycles. The largest absolute Gasteiger partial charge is 0.420 e. The van der Waals surface area contributed by atoms with E-state index in [9.17, 15) is 19.3 Å². The van der Waals surface area contributed by atoms with Crippen LogP contribution in [-0.2, 0) is 0 Å². The Balaban J connectivity index is 2.24. The molecular weight excluding hydrogens is 333 g/mol. The zero-order valence-electron chi connectivity index (χ0n) is 9.88. The first-order valence-electron chi connectivity index (χ1n) is 5.39. The van der Waals surface area contributed by atoms with Crippen LogP contribution in [0.15, 0.2) is 46.9 Å². The average Bonchev–Trinajstić information content (AvgIpc) is 2.42. The van der Waals surface area contributed by atoms with Gasteiger partial charge in [0.25, 0.3) is 5.69 Å². The Bertz CT molecular complexity index is 690. The van der Waals surface area contributed by atoms with E-state index in [4.69, 9.17) is 4.74 Å². The molecule has 0 aliphatic heterocycles. The van der Waals surface area contributed by atoms with E-state index in [1.165, 1.54) is 30.3 Å². The van der Waals surface area contributed by atoms with E-state index in [1.807, 2.05) is 0 Å². The Morgan fingerprint density at radius 1 is 1.25 bits per heavy atom. The number of carbonyl (C=O) groups is 1. The summed E-state index contributed by atoms with van der Waals surface area (Å²) in [4.78, 5) is 21.8. The van der Waals surface area contributed by atoms with Gasteiger partial charge >= 0.3 is 5.97 Å². The summed E-state index contributed by atoms with van der Waals surface area (Å²) >= 11 is 3.08. The number of nitro groups is 1. The number of halogens is 2. The van der Waals surface area contributed by atoms with Gasteiger partial charge in [-0.15, -0.1) is 0 Å². The Morgan fingerprint density at radius 2 is 2.00 bits per heavy atom. The maximum Gasteiger partial charge on any atom is 0.343 e. The second-order valence-corrected chi connectivity index (χ2v) is 4.69. The van der Waals surface area contributed by atoms with Gasteiger partial charge in [-0.3, -0.25) is 10.1 Å². The lowest BCUT2D eigenvalue weighted by Crippen LogP contribution is -2.09. The summed E-state index contributed by atoms with van der Waals surface area (Å²) in [5.41, 5.74) is -0.266. The van der Waals surface area contributed by atoms with Gasteiger partial charge in [-0.25, -0.2) is 9.18 Å². The van der Waals surface area contributed by atoms with E-state index in [0.717, 1.165) is 12.1 Å². The molecule has 102 valence electrons. The van der Waals surface area contributed by atoms with Gasteiger partial charge in [0, 0.05) is 16.6 Å². The van der Waals surface area contributed by atoms with Gasteiger partial charge in [-0.05, 0) is 24.3 Å². The lowest BCUT2D eigenvalue weighted by Gasteiger charge is -2.05. The molecule has 5 nitrogen and oxygen atoms in total. The summed E-state index contributed by atoms with van der Waals surface area (Å²) in [5.74, 6) is -1.82. The molecule has 2 aromatic rings. The summed E-state index contributed by atoms with van der Waals surface area (Å²) in [7, 11) is 0. The number of ether oxygens (including phenoxy) is 1. The molecule has 0 radical (unpaired) electrons. The fourth-order valence-electron chi connectivity index (χ4n) is 1.46. The minimum Gasteiger partial charge on any atom is -0.420 e. The number of hydrogen-bond acceptors (Lipinski definition) is 4. The highest BCUT2D eigenvalue weighted by Gasteiger charge is 2.15. The standard InChI is InChI=1S/C13H7BrFNO4/c14-9-4-5-12(11(15)7-9)20-13(17)8-2-1-3-10(6-8)16(18)19/h1-7H. The van der Waals surface area contributed by atoms with E-state index in [-0.39, 0.29) is 17.0 Å². The molecule has 0 aromatic heterocycles. The van der Waals surface area contributed by atoms with Gasteiger partial charge in [0.2, 0.25) is 0 Å². The molecule has 2 aromatic carbocycles. The molecular formula is C13H7BrFNO4. The van der Waals surface area contributed by atoms with Crippen LogP contribution in [0.2, 0.25) is 0 Å². The third-order valence-corrected chi connectivity index (χ3v) is 2.88. The van der Waals surface area contributed by atoms with Gasteiger partial charge in [-0.2, -0.15) is 0 Å². The number of nitro benzene ring substituents is 1. The first kappa shape index (κ1) is 14.1. The molecule has 0 atom stereocenters. The van der Waals surface area contributed by atoms with Gasteiger partial charge in [-0.1, -0.05) is 22.0 Å². The summed E-state index contributed by atoms with van der Waals surface area (Å²) in [6, 6.07) is 8.97. The Labute approximate surface area is 121 Å². The van der Waals surface area contributed by atoms with Gasteiger partial charge in [0.1, 0.15) is 0 Å². The maximum absolute atomic E-state index is 13.5. The Morgan fingerprint density at radius 3 is 2.65 bits per heavy atom. The zero-order valence-corrected chi connectivity index (χ0v) is 11.5. The zero-order chi connectivity index (χ0) is 14.7. The smallest absolute Gasteiger partial charge is 0.343 e. The predicted octanol–water partition coefficient (Wildman–Crippen LogP) is 3.72. The van der Waals surface area contributed by atoms with E-state index in [0.29, 0.717) is 4.47 Å². The van der Waals surface area contributed by atoms with Crippen LogP contribution in [0.5, 0.6) is 5.75 Å². The number of carbonyl (C=O) groups excluding carboxylic acids is 1. The molecule has 0 fully saturated rings. The van der Waals surface area contributed by atoms with E-state index >= 15 is 0 Å². The van der Waals surface area contributed by atoms with Crippen molar-refractivity contribution < 1.29 is 18.8 Å². The predicted molar refractivity (Wildman–Crippen MR) is 72.2 cm³/mol. The quantitative estimate of drug-likeness (QED) is 0.370. The minimum atomic E-state index is -0.866. The van der Waals surface area contributed by atoms with Crippen molar-refractivity contribution in [3.8, 4) is 5.75 Å². The van der Waals surface area contributed by atoms with Gasteiger partial charge < -0.3 is 4.74 Å². The normalized spacial score (nSPS) is 10.1. The molecule has 7 heteroatoms. The Kier molecular flexibility index (Phi) is 4.09. The molecule has 0 aliphatic carbocycles. The van der Waals surface area contributed by atoms with Crippen LogP contribution >= 0.6 is 15.9 Å². The molecule has 0 saturated carbocycles. The van der Waals surface area contributed by atoms with Crippen molar-refractivity contribution in [2.24, 2.45) is 0 Å². The highest BCUT2D eigenvalue weighted by Crippen LogP contribution is 2.23. The van der Waals surface area contributed by atoms with Crippen molar-refractivity contribution in [2.45, 2.75) is 0 Å². The van der Waals surface area contributed by atoms with Crippen LogP contribution < -0.4 is 4.74 Å². The first-order chi connectivity index (χ1) is 9.47. The Hall–Kier alpha value is -2.28. The molecule has 0 N–H and O–H groups in total. The van der Waals surface area contributed by atoms with Crippen LogP contribution in [0, 0.1) is 15.9 Å². The maximum atomic E-state index is 13.5. The van der Waals surface area contributed by atoms with Crippen molar-refractivity contribution >= 4 is 27.6 Å². The molecule has 0 heterocycles. The monoisotopic (exact) mass is 339 g/mol. The molecule has 0 unspecified atom stereocenters. The SMILES string of the molecule is O=C(Oc1ccc(Br)cc1F)c1cccc([N+](=O)[O-])c1. The molecule has 20 heavy (non-hydrogen) atoms. The van der Waals surface area contributed by atoms with Crippen LogP contribution in [0.4, 0.5) is 10.1 Å². The van der Waals surface area contributed by atoms with Crippen molar-refractivity contribution in [2.75, 3.05) is 0 Å². The first-order valence-corrected chi connectivity index (χ1v) is 6.18. The fourth-order valence-corrected chi connectivity index (χ4v) is 1.80. The number of rotatable bonds is 3. The lowest BCUT2D eigenvalue weighted by molar-refractivity contribution is -0.384. The van der Waals surface area contributed by atoms with E-state index < -0.39 is 16.7 Å². The minimum absolute atomic E-state index is 0.0264. The molecule has 0 aliphatic rings. The fraction of sp³-hybridized carbons (Fsp3) is 0. The van der Waals surface area contributed by atoms with E-state index in [2.05, 4.69) is 15.9 Å². The molecule has 2 rings (SSSR count). The van der Waals surface area contributed by atoms with Crippen LogP contribution in [0.1, 0.15) is 10.4 Å². The third kappa shape index (κ3) is 3.18. The summed E-state index contributed by atoms with van der Waals surface area (Å²) in [6.45, 7) is 0. The lowest BCUT2D eigenvalue weighted by atomic mass is 10.2. The van der Waals surface area contributed by atoms with Gasteiger partial charge in [0.05, 0.1) is 10.5 Å². The van der Waals surface area contributed by atoms with Gasteiger partial charge in [0.15, 0.2) is 11.6 Å². The topological polar surface area (TPSA) is 69.4 Å². The van der Waals surface area contributed by atoms with Crippen LogP contribution in [0.25, 0.3) is 0 Å². The molecule has 0 spiro atoms. The molecule has 0 bridgehead atoms. The van der Waals surface area contributed by atoms with Crippen molar-refractivity contribution in [1.29, 1.82) is 0 Å². The molecule has 0 amide bonds. The second-order valence-electron chi connectivity index (χ2n) is 3.77.